The maximum atomic E-state index is 12.1. The van der Waals surface area contributed by atoms with E-state index in [9.17, 15) is 13.9 Å². The van der Waals surface area contributed by atoms with Crippen molar-refractivity contribution in [3.05, 3.63) is 65.7 Å². The van der Waals surface area contributed by atoms with Gasteiger partial charge in [0, 0.05) is 13.1 Å². The van der Waals surface area contributed by atoms with Gasteiger partial charge in [-0.05, 0) is 42.1 Å². The van der Waals surface area contributed by atoms with Crippen molar-refractivity contribution in [2.24, 2.45) is 0 Å². The topological polar surface area (TPSA) is 32.7 Å². The van der Waals surface area contributed by atoms with E-state index >= 15 is 0 Å². The van der Waals surface area contributed by atoms with Crippen LogP contribution in [0.15, 0.2) is 54.6 Å². The summed E-state index contributed by atoms with van der Waals surface area (Å²) in [5.41, 5.74) is 2.04. The lowest BCUT2D eigenvalue weighted by Gasteiger charge is -2.20. The number of aliphatic hydroxyl groups is 1. The second-order valence-corrected chi connectivity index (χ2v) is 6.12. The van der Waals surface area contributed by atoms with Gasteiger partial charge in [-0.1, -0.05) is 42.5 Å². The normalized spacial score (nSPS) is 19.6. The molecule has 0 aliphatic carbocycles. The van der Waals surface area contributed by atoms with Gasteiger partial charge in [-0.3, -0.25) is 4.90 Å². The van der Waals surface area contributed by atoms with Crippen molar-refractivity contribution < 1.29 is 18.6 Å². The van der Waals surface area contributed by atoms with Crippen LogP contribution in [0.5, 0.6) is 5.75 Å². The van der Waals surface area contributed by atoms with Crippen molar-refractivity contribution in [1.82, 2.24) is 4.90 Å². The van der Waals surface area contributed by atoms with Gasteiger partial charge in [0.05, 0.1) is 6.10 Å². The first kappa shape index (κ1) is 16.9. The fourth-order valence-electron chi connectivity index (χ4n) is 3.22. The van der Waals surface area contributed by atoms with Crippen LogP contribution in [0, 0.1) is 0 Å². The van der Waals surface area contributed by atoms with E-state index in [1.165, 1.54) is 17.7 Å². The lowest BCUT2D eigenvalue weighted by atomic mass is 9.99. The van der Waals surface area contributed by atoms with Gasteiger partial charge in [-0.25, -0.2) is 0 Å². The van der Waals surface area contributed by atoms with Crippen LogP contribution < -0.4 is 4.74 Å². The highest BCUT2D eigenvalue weighted by Gasteiger charge is 2.25. The molecule has 1 N–H and O–H groups in total. The predicted molar refractivity (Wildman–Crippen MR) is 88.3 cm³/mol. The Kier molecular flexibility index (Phi) is 5.43. The van der Waals surface area contributed by atoms with E-state index in [-0.39, 0.29) is 5.75 Å². The summed E-state index contributed by atoms with van der Waals surface area (Å²) >= 11 is 0. The molecule has 1 fully saturated rings. The zero-order valence-electron chi connectivity index (χ0n) is 13.3. The molecule has 2 atom stereocenters. The van der Waals surface area contributed by atoms with Gasteiger partial charge in [0.25, 0.3) is 0 Å². The van der Waals surface area contributed by atoms with Gasteiger partial charge in [-0.2, -0.15) is 8.78 Å². The third-order valence-electron chi connectivity index (χ3n) is 4.46. The molecule has 1 saturated heterocycles. The second-order valence-electron chi connectivity index (χ2n) is 6.12. The minimum absolute atomic E-state index is 0.103. The van der Waals surface area contributed by atoms with Crippen molar-refractivity contribution in [1.29, 1.82) is 0 Å². The summed E-state index contributed by atoms with van der Waals surface area (Å²) in [4.78, 5) is 2.24. The second kappa shape index (κ2) is 7.73. The lowest BCUT2D eigenvalue weighted by Crippen LogP contribution is -2.26. The number of halogens is 2. The minimum atomic E-state index is -2.83. The molecule has 3 nitrogen and oxygen atoms in total. The van der Waals surface area contributed by atoms with Crippen LogP contribution in [0.25, 0.3) is 0 Å². The standard InChI is InChI=1S/C19H21F2NO2/c20-19(21)24-17-8-6-15(7-9-17)18(23)13-22-11-10-16(12-22)14-4-2-1-3-5-14/h1-9,16,18-19,23H,10-13H2. The van der Waals surface area contributed by atoms with Crippen molar-refractivity contribution in [3.63, 3.8) is 0 Å². The quantitative estimate of drug-likeness (QED) is 0.872. The summed E-state index contributed by atoms with van der Waals surface area (Å²) in [5, 5.41) is 10.4. The molecule has 1 heterocycles. The Labute approximate surface area is 140 Å². The molecule has 0 spiro atoms. The van der Waals surface area contributed by atoms with Crippen molar-refractivity contribution >= 4 is 0 Å². The molecule has 0 saturated carbocycles. The molecule has 0 aromatic heterocycles. The maximum Gasteiger partial charge on any atom is 0.387 e. The van der Waals surface area contributed by atoms with Gasteiger partial charge >= 0.3 is 6.61 Å². The van der Waals surface area contributed by atoms with E-state index in [0.717, 1.165) is 19.5 Å². The number of likely N-dealkylation sites (tertiary alicyclic amines) is 1. The van der Waals surface area contributed by atoms with Gasteiger partial charge in [-0.15, -0.1) is 0 Å². The summed E-state index contributed by atoms with van der Waals surface area (Å²) in [6, 6.07) is 16.6. The Morgan fingerprint density at radius 3 is 2.46 bits per heavy atom. The SMILES string of the molecule is OC(CN1CCC(c2ccccc2)C1)c1ccc(OC(F)F)cc1. The summed E-state index contributed by atoms with van der Waals surface area (Å²) in [7, 11) is 0. The van der Waals surface area contributed by atoms with Gasteiger partial charge in [0.1, 0.15) is 5.75 Å². The van der Waals surface area contributed by atoms with Crippen molar-refractivity contribution in [2.75, 3.05) is 19.6 Å². The Balaban J connectivity index is 1.54. The van der Waals surface area contributed by atoms with E-state index < -0.39 is 12.7 Å². The first-order valence-electron chi connectivity index (χ1n) is 8.12. The fourth-order valence-corrected chi connectivity index (χ4v) is 3.22. The van der Waals surface area contributed by atoms with E-state index in [0.29, 0.717) is 18.0 Å². The summed E-state index contributed by atoms with van der Waals surface area (Å²) in [6.45, 7) is -0.421. The predicted octanol–water partition coefficient (Wildman–Crippen LogP) is 3.81. The first-order chi connectivity index (χ1) is 11.6. The van der Waals surface area contributed by atoms with Crippen molar-refractivity contribution in [3.8, 4) is 5.75 Å². The third kappa shape index (κ3) is 4.30. The largest absolute Gasteiger partial charge is 0.435 e. The monoisotopic (exact) mass is 333 g/mol. The highest BCUT2D eigenvalue weighted by atomic mass is 19.3. The first-order valence-corrected chi connectivity index (χ1v) is 8.12. The molecule has 2 aromatic carbocycles. The number of aliphatic hydroxyl groups excluding tert-OH is 1. The number of hydrogen-bond donors (Lipinski definition) is 1. The molecule has 1 aliphatic heterocycles. The van der Waals surface area contributed by atoms with Crippen LogP contribution in [0.1, 0.15) is 29.6 Å². The van der Waals surface area contributed by atoms with Crippen LogP contribution >= 0.6 is 0 Å². The highest BCUT2D eigenvalue weighted by Crippen LogP contribution is 2.28. The number of ether oxygens (including phenoxy) is 1. The van der Waals surface area contributed by atoms with Crippen LogP contribution in [-0.2, 0) is 0 Å². The minimum Gasteiger partial charge on any atom is -0.435 e. The third-order valence-corrected chi connectivity index (χ3v) is 4.46. The lowest BCUT2D eigenvalue weighted by molar-refractivity contribution is -0.0498. The Hall–Kier alpha value is -1.98. The number of hydrogen-bond acceptors (Lipinski definition) is 3. The van der Waals surface area contributed by atoms with Crippen LogP contribution in [0.4, 0.5) is 8.78 Å². The average Bonchev–Trinajstić information content (AvgIpc) is 3.04. The van der Waals surface area contributed by atoms with Gasteiger partial charge in [0.2, 0.25) is 0 Å². The summed E-state index contributed by atoms with van der Waals surface area (Å²) in [5.74, 6) is 0.603. The van der Waals surface area contributed by atoms with E-state index in [2.05, 4.69) is 33.9 Å². The molecule has 2 unspecified atom stereocenters. The number of rotatable bonds is 6. The van der Waals surface area contributed by atoms with Crippen LogP contribution in [0.2, 0.25) is 0 Å². The highest BCUT2D eigenvalue weighted by molar-refractivity contribution is 5.29. The fraction of sp³-hybridized carbons (Fsp3) is 0.368. The zero-order valence-corrected chi connectivity index (χ0v) is 13.3. The number of benzene rings is 2. The number of alkyl halides is 2. The van der Waals surface area contributed by atoms with Gasteiger partial charge < -0.3 is 9.84 Å². The number of nitrogens with zero attached hydrogens (tertiary/aromatic N) is 1. The van der Waals surface area contributed by atoms with E-state index in [1.54, 1.807) is 12.1 Å². The maximum absolute atomic E-state index is 12.1. The van der Waals surface area contributed by atoms with Gasteiger partial charge in [0.15, 0.2) is 0 Å². The molecule has 0 bridgehead atoms. The molecule has 5 heteroatoms. The molecule has 24 heavy (non-hydrogen) atoms. The Bertz CT molecular complexity index is 634. The van der Waals surface area contributed by atoms with Crippen molar-refractivity contribution in [2.45, 2.75) is 25.1 Å². The molecular weight excluding hydrogens is 312 g/mol. The Morgan fingerprint density at radius 2 is 1.79 bits per heavy atom. The van der Waals surface area contributed by atoms with Crippen LogP contribution in [-0.4, -0.2) is 36.3 Å². The molecular formula is C19H21F2NO2. The molecule has 0 radical (unpaired) electrons. The molecule has 128 valence electrons. The smallest absolute Gasteiger partial charge is 0.387 e. The summed E-state index contributed by atoms with van der Waals surface area (Å²) in [6.07, 6.45) is 0.442. The molecule has 1 aliphatic rings. The average molecular weight is 333 g/mol. The molecule has 3 rings (SSSR count). The number of β-amino-alcohol motifs (C(OH)–C–C–N with tert-alkyl or cyclic N) is 1. The Morgan fingerprint density at radius 1 is 1.08 bits per heavy atom. The summed E-state index contributed by atoms with van der Waals surface area (Å²) < 4.78 is 28.6. The molecule has 2 aromatic rings. The van der Waals surface area contributed by atoms with E-state index in [4.69, 9.17) is 0 Å². The van der Waals surface area contributed by atoms with Crippen LogP contribution in [0.3, 0.4) is 0 Å². The van der Waals surface area contributed by atoms with E-state index in [1.807, 2.05) is 6.07 Å². The zero-order chi connectivity index (χ0) is 16.9. The molecule has 0 amide bonds.